The summed E-state index contributed by atoms with van der Waals surface area (Å²) >= 11 is 12.0. The highest BCUT2D eigenvalue weighted by Crippen LogP contribution is 2.38. The number of hydrogen-bond donors (Lipinski definition) is 2. The van der Waals surface area contributed by atoms with E-state index in [1.165, 1.54) is 22.5 Å². The third-order valence-electron chi connectivity index (χ3n) is 6.26. The lowest BCUT2D eigenvalue weighted by molar-refractivity contribution is -0.143. The molecule has 34 heavy (non-hydrogen) atoms. The van der Waals surface area contributed by atoms with Crippen LogP contribution in [0.2, 0.25) is 10.0 Å². The van der Waals surface area contributed by atoms with Crippen molar-refractivity contribution in [3.8, 4) is 0 Å². The third-order valence-corrected chi connectivity index (χ3v) is 8.57. The molecule has 2 aromatic rings. The Hall–Kier alpha value is -2.13. The van der Waals surface area contributed by atoms with Crippen molar-refractivity contribution < 1.29 is 23.1 Å². The first-order valence-electron chi connectivity index (χ1n) is 11.2. The van der Waals surface area contributed by atoms with Gasteiger partial charge in [0.05, 0.1) is 10.3 Å². The second-order valence-electron chi connectivity index (χ2n) is 8.46. The highest BCUT2D eigenvalue weighted by molar-refractivity contribution is 7.89. The van der Waals surface area contributed by atoms with Crippen LogP contribution in [0.4, 0.5) is 0 Å². The molecule has 1 unspecified atom stereocenters. The molecule has 1 atom stereocenters. The number of benzene rings is 2. The summed E-state index contributed by atoms with van der Waals surface area (Å²) in [7, 11) is -3.87. The minimum atomic E-state index is -3.87. The zero-order chi connectivity index (χ0) is 24.9. The summed E-state index contributed by atoms with van der Waals surface area (Å²) in [6.45, 7) is 2.12. The number of rotatable bonds is 9. The van der Waals surface area contributed by atoms with E-state index in [0.717, 1.165) is 12.0 Å². The molecule has 0 radical (unpaired) electrons. The van der Waals surface area contributed by atoms with E-state index in [9.17, 15) is 23.1 Å². The fraction of sp³-hybridized carbons (Fsp3) is 0.417. The summed E-state index contributed by atoms with van der Waals surface area (Å²) in [6, 6.07) is 12.3. The Morgan fingerprint density at radius 3 is 2.21 bits per heavy atom. The molecule has 2 N–H and O–H groups in total. The van der Waals surface area contributed by atoms with Crippen LogP contribution in [-0.2, 0) is 25.0 Å². The van der Waals surface area contributed by atoms with Gasteiger partial charge in [-0.2, -0.15) is 4.31 Å². The average Bonchev–Trinajstić information content (AvgIpc) is 2.81. The Morgan fingerprint density at radius 1 is 1.09 bits per heavy atom. The maximum Gasteiger partial charge on any atom is 0.326 e. The molecule has 0 saturated carbocycles. The molecule has 1 saturated heterocycles. The van der Waals surface area contributed by atoms with E-state index in [2.05, 4.69) is 5.32 Å². The second kappa shape index (κ2) is 11.1. The van der Waals surface area contributed by atoms with Gasteiger partial charge in [-0.15, -0.1) is 0 Å². The summed E-state index contributed by atoms with van der Waals surface area (Å²) in [5.41, 5.74) is -0.311. The van der Waals surface area contributed by atoms with Crippen molar-refractivity contribution in [1.82, 2.24) is 9.62 Å². The lowest BCUT2D eigenvalue weighted by Crippen LogP contribution is -2.55. The first kappa shape index (κ1) is 26.5. The predicted octanol–water partition coefficient (Wildman–Crippen LogP) is 4.48. The number of carboxylic acid groups (broad SMARTS) is 1. The lowest BCUT2D eigenvalue weighted by atomic mass is 9.72. The van der Waals surface area contributed by atoms with Crippen LogP contribution in [0.15, 0.2) is 53.4 Å². The van der Waals surface area contributed by atoms with Gasteiger partial charge in [-0.05, 0) is 43.0 Å². The van der Waals surface area contributed by atoms with E-state index in [4.69, 9.17) is 23.2 Å². The highest BCUT2D eigenvalue weighted by atomic mass is 35.5. The van der Waals surface area contributed by atoms with Crippen molar-refractivity contribution in [1.29, 1.82) is 0 Å². The van der Waals surface area contributed by atoms with Crippen molar-refractivity contribution in [2.24, 2.45) is 0 Å². The SMILES string of the molecule is CCCCC(NC(=O)C1(c2ccccc2)CCN(S(=O)(=O)c2cc(Cl)cc(Cl)c2)CC1)C(=O)O. The number of halogens is 2. The van der Waals surface area contributed by atoms with Crippen LogP contribution in [0.3, 0.4) is 0 Å². The van der Waals surface area contributed by atoms with Gasteiger partial charge in [0.1, 0.15) is 6.04 Å². The molecule has 10 heteroatoms. The van der Waals surface area contributed by atoms with Gasteiger partial charge in [0, 0.05) is 23.1 Å². The number of carboxylic acids is 1. The maximum absolute atomic E-state index is 13.5. The number of piperidine rings is 1. The summed E-state index contributed by atoms with van der Waals surface area (Å²) in [6.07, 6.45) is 2.22. The molecule has 2 aromatic carbocycles. The molecule has 1 aliphatic heterocycles. The number of unbranched alkanes of at least 4 members (excludes halogenated alkanes) is 1. The van der Waals surface area contributed by atoms with Crippen LogP contribution in [0, 0.1) is 0 Å². The largest absolute Gasteiger partial charge is 0.480 e. The summed E-state index contributed by atoms with van der Waals surface area (Å²) < 4.78 is 27.8. The van der Waals surface area contributed by atoms with Crippen LogP contribution in [-0.4, -0.2) is 48.8 Å². The molecule has 184 valence electrons. The molecule has 1 amide bonds. The molecule has 0 spiro atoms. The van der Waals surface area contributed by atoms with Crippen LogP contribution in [0.25, 0.3) is 0 Å². The Balaban J connectivity index is 1.88. The van der Waals surface area contributed by atoms with E-state index in [0.29, 0.717) is 12.8 Å². The van der Waals surface area contributed by atoms with Crippen molar-refractivity contribution in [2.75, 3.05) is 13.1 Å². The van der Waals surface area contributed by atoms with Crippen molar-refractivity contribution in [3.63, 3.8) is 0 Å². The number of aliphatic carboxylic acids is 1. The van der Waals surface area contributed by atoms with Gasteiger partial charge in [-0.25, -0.2) is 13.2 Å². The number of sulfonamides is 1. The molecule has 1 heterocycles. The number of carbonyl (C=O) groups excluding carboxylic acids is 1. The number of hydrogen-bond acceptors (Lipinski definition) is 4. The first-order valence-corrected chi connectivity index (χ1v) is 13.4. The monoisotopic (exact) mass is 526 g/mol. The first-order chi connectivity index (χ1) is 16.1. The van der Waals surface area contributed by atoms with Crippen molar-refractivity contribution in [3.05, 3.63) is 64.1 Å². The predicted molar refractivity (Wildman–Crippen MR) is 132 cm³/mol. The quantitative estimate of drug-likeness (QED) is 0.501. The van der Waals surface area contributed by atoms with Gasteiger partial charge < -0.3 is 10.4 Å². The molecule has 7 nitrogen and oxygen atoms in total. The number of nitrogens with one attached hydrogen (secondary N) is 1. The second-order valence-corrected chi connectivity index (χ2v) is 11.3. The Kier molecular flexibility index (Phi) is 8.62. The van der Waals surface area contributed by atoms with Gasteiger partial charge in [0.25, 0.3) is 0 Å². The molecule has 3 rings (SSSR count). The number of nitrogens with zero attached hydrogens (tertiary/aromatic N) is 1. The average molecular weight is 527 g/mol. The summed E-state index contributed by atoms with van der Waals surface area (Å²) in [4.78, 5) is 25.3. The van der Waals surface area contributed by atoms with Gasteiger partial charge in [-0.3, -0.25) is 4.79 Å². The van der Waals surface area contributed by atoms with Gasteiger partial charge >= 0.3 is 5.97 Å². The zero-order valence-electron chi connectivity index (χ0n) is 18.8. The summed E-state index contributed by atoms with van der Waals surface area (Å²) in [5.74, 6) is -1.48. The van der Waals surface area contributed by atoms with Crippen LogP contribution in [0.5, 0.6) is 0 Å². The van der Waals surface area contributed by atoms with E-state index in [1.807, 2.05) is 37.3 Å². The minimum absolute atomic E-state index is 0.00725. The molecule has 1 aliphatic rings. The fourth-order valence-corrected chi connectivity index (χ4v) is 6.47. The zero-order valence-corrected chi connectivity index (χ0v) is 21.2. The van der Waals surface area contributed by atoms with E-state index < -0.39 is 33.4 Å². The lowest BCUT2D eigenvalue weighted by Gasteiger charge is -2.41. The smallest absolute Gasteiger partial charge is 0.326 e. The number of amides is 1. The topological polar surface area (TPSA) is 104 Å². The number of carbonyl (C=O) groups is 2. The van der Waals surface area contributed by atoms with Gasteiger partial charge in [0.15, 0.2) is 0 Å². The van der Waals surface area contributed by atoms with E-state index >= 15 is 0 Å². The van der Waals surface area contributed by atoms with Crippen LogP contribution >= 0.6 is 23.2 Å². The highest BCUT2D eigenvalue weighted by Gasteiger charge is 2.46. The molecule has 1 fully saturated rings. The van der Waals surface area contributed by atoms with Crippen LogP contribution in [0.1, 0.15) is 44.6 Å². The normalized spacial score (nSPS) is 17.1. The molecular weight excluding hydrogens is 499 g/mol. The van der Waals surface area contributed by atoms with Gasteiger partial charge in [0.2, 0.25) is 15.9 Å². The van der Waals surface area contributed by atoms with Crippen molar-refractivity contribution >= 4 is 45.1 Å². The van der Waals surface area contributed by atoms with Crippen LogP contribution < -0.4 is 5.32 Å². The Labute approximate surface area is 210 Å². The standard InChI is InChI=1S/C24H28Cl2N2O5S/c1-2-3-9-21(22(29)30)27-23(31)24(17-7-5-4-6-8-17)10-12-28(13-11-24)34(32,33)20-15-18(25)14-19(26)16-20/h4-8,14-16,21H,2-3,9-13H2,1H3,(H,27,31)(H,29,30). The molecular formula is C24H28Cl2N2O5S. The molecule has 0 aromatic heterocycles. The van der Waals surface area contributed by atoms with Crippen molar-refractivity contribution in [2.45, 2.75) is 55.4 Å². The van der Waals surface area contributed by atoms with E-state index in [-0.39, 0.29) is 40.9 Å². The molecule has 0 aliphatic carbocycles. The molecule has 0 bridgehead atoms. The third kappa shape index (κ3) is 5.74. The fourth-order valence-electron chi connectivity index (χ4n) is 4.30. The van der Waals surface area contributed by atoms with Gasteiger partial charge in [-0.1, -0.05) is 73.3 Å². The Morgan fingerprint density at radius 2 is 1.68 bits per heavy atom. The minimum Gasteiger partial charge on any atom is -0.480 e. The van der Waals surface area contributed by atoms with E-state index in [1.54, 1.807) is 0 Å². The summed E-state index contributed by atoms with van der Waals surface area (Å²) in [5, 5.41) is 12.7. The maximum atomic E-state index is 13.5. The Bertz CT molecular complexity index is 1110.